The molecule has 0 aliphatic rings. The van der Waals surface area contributed by atoms with Crippen LogP contribution in [0.1, 0.15) is 27.2 Å². The summed E-state index contributed by atoms with van der Waals surface area (Å²) in [4.78, 5) is 11.8. The van der Waals surface area contributed by atoms with E-state index in [4.69, 9.17) is 33.7 Å². The van der Waals surface area contributed by atoms with Crippen LogP contribution in [0.15, 0.2) is 12.1 Å². The quantitative estimate of drug-likeness (QED) is 0.780. The van der Waals surface area contributed by atoms with Crippen molar-refractivity contribution in [2.45, 2.75) is 33.3 Å². The summed E-state index contributed by atoms with van der Waals surface area (Å²) >= 11 is 12.0. The van der Waals surface area contributed by atoms with Crippen molar-refractivity contribution in [2.24, 2.45) is 5.92 Å². The number of anilines is 2. The zero-order chi connectivity index (χ0) is 15.3. The van der Waals surface area contributed by atoms with Crippen molar-refractivity contribution in [3.05, 3.63) is 22.2 Å². The topological polar surface area (TPSA) is 64.3 Å². The lowest BCUT2D eigenvalue weighted by Gasteiger charge is -2.15. The third-order valence-electron chi connectivity index (χ3n) is 2.63. The van der Waals surface area contributed by atoms with Gasteiger partial charge in [0.2, 0.25) is 5.91 Å². The second kappa shape index (κ2) is 7.72. The average molecular weight is 319 g/mol. The first kappa shape index (κ1) is 17.1. The van der Waals surface area contributed by atoms with Crippen LogP contribution < -0.4 is 11.1 Å². The monoisotopic (exact) mass is 318 g/mol. The third kappa shape index (κ3) is 5.57. The molecule has 0 radical (unpaired) electrons. The fourth-order valence-electron chi connectivity index (χ4n) is 1.84. The lowest BCUT2D eigenvalue weighted by molar-refractivity contribution is -0.122. The van der Waals surface area contributed by atoms with Crippen molar-refractivity contribution in [3.63, 3.8) is 0 Å². The van der Waals surface area contributed by atoms with E-state index in [9.17, 15) is 4.79 Å². The van der Waals surface area contributed by atoms with Gasteiger partial charge in [-0.1, -0.05) is 37.0 Å². The van der Waals surface area contributed by atoms with Crippen LogP contribution in [-0.2, 0) is 9.53 Å². The highest BCUT2D eigenvalue weighted by molar-refractivity contribution is 6.40. The predicted octanol–water partition coefficient (Wildman–Crippen LogP) is 3.97. The fraction of sp³-hybridized carbons (Fsp3) is 0.500. The number of hydrogen-bond acceptors (Lipinski definition) is 3. The summed E-state index contributed by atoms with van der Waals surface area (Å²) in [5, 5.41) is 3.24. The van der Waals surface area contributed by atoms with Crippen molar-refractivity contribution >= 4 is 40.5 Å². The van der Waals surface area contributed by atoms with Crippen LogP contribution in [0.2, 0.25) is 10.0 Å². The molecule has 0 heterocycles. The van der Waals surface area contributed by atoms with Gasteiger partial charge in [-0.15, -0.1) is 0 Å². The molecule has 0 aromatic heterocycles. The van der Waals surface area contributed by atoms with Crippen LogP contribution in [0.4, 0.5) is 11.4 Å². The number of carbonyl (C=O) groups is 1. The van der Waals surface area contributed by atoms with Gasteiger partial charge >= 0.3 is 0 Å². The molecule has 4 nitrogen and oxygen atoms in total. The van der Waals surface area contributed by atoms with E-state index in [0.29, 0.717) is 27.3 Å². The van der Waals surface area contributed by atoms with Crippen LogP contribution >= 0.6 is 23.2 Å². The minimum atomic E-state index is -0.297. The van der Waals surface area contributed by atoms with Gasteiger partial charge in [0.05, 0.1) is 21.8 Å². The van der Waals surface area contributed by atoms with E-state index in [1.807, 2.05) is 6.92 Å². The molecule has 6 heteroatoms. The van der Waals surface area contributed by atoms with Crippen LogP contribution in [-0.4, -0.2) is 18.6 Å². The fourth-order valence-corrected chi connectivity index (χ4v) is 2.44. The summed E-state index contributed by atoms with van der Waals surface area (Å²) in [6, 6.07) is 3.07. The third-order valence-corrected chi connectivity index (χ3v) is 3.23. The minimum absolute atomic E-state index is 0.0260. The SMILES string of the molecule is CC(C)CC(C)OCC(=O)Nc1c(Cl)cc(N)cc1Cl. The van der Waals surface area contributed by atoms with E-state index in [1.54, 1.807) is 0 Å². The lowest BCUT2D eigenvalue weighted by Crippen LogP contribution is -2.23. The molecule has 1 aromatic rings. The highest BCUT2D eigenvalue weighted by atomic mass is 35.5. The smallest absolute Gasteiger partial charge is 0.250 e. The number of amides is 1. The Morgan fingerprint density at radius 1 is 1.30 bits per heavy atom. The number of halogens is 2. The minimum Gasteiger partial charge on any atom is -0.399 e. The Labute approximate surface area is 129 Å². The Morgan fingerprint density at radius 3 is 2.35 bits per heavy atom. The van der Waals surface area contributed by atoms with Crippen LogP contribution in [0.5, 0.6) is 0 Å². The van der Waals surface area contributed by atoms with Crippen molar-refractivity contribution in [1.29, 1.82) is 0 Å². The molecule has 1 unspecified atom stereocenters. The Balaban J connectivity index is 2.55. The number of nitrogens with one attached hydrogen (secondary N) is 1. The second-order valence-electron chi connectivity index (χ2n) is 5.16. The maximum absolute atomic E-state index is 11.8. The van der Waals surface area contributed by atoms with Gasteiger partial charge in [-0.05, 0) is 31.4 Å². The molecule has 0 saturated heterocycles. The van der Waals surface area contributed by atoms with Crippen molar-refractivity contribution in [3.8, 4) is 0 Å². The summed E-state index contributed by atoms with van der Waals surface area (Å²) in [7, 11) is 0. The number of benzene rings is 1. The number of carbonyl (C=O) groups excluding carboxylic acids is 1. The van der Waals surface area contributed by atoms with E-state index >= 15 is 0 Å². The van der Waals surface area contributed by atoms with Gasteiger partial charge in [-0.3, -0.25) is 4.79 Å². The molecule has 0 bridgehead atoms. The first-order valence-corrected chi connectivity index (χ1v) is 7.21. The number of hydrogen-bond donors (Lipinski definition) is 2. The molecule has 1 rings (SSSR count). The lowest BCUT2D eigenvalue weighted by atomic mass is 10.1. The Morgan fingerprint density at radius 2 is 1.85 bits per heavy atom. The molecule has 0 aliphatic heterocycles. The summed E-state index contributed by atoms with van der Waals surface area (Å²) in [5.74, 6) is 0.225. The molecule has 0 fully saturated rings. The van der Waals surface area contributed by atoms with Gasteiger partial charge in [-0.2, -0.15) is 0 Å². The van der Waals surface area contributed by atoms with Gasteiger partial charge in [0.15, 0.2) is 0 Å². The number of nitrogen functional groups attached to an aromatic ring is 1. The highest BCUT2D eigenvalue weighted by Crippen LogP contribution is 2.32. The maximum Gasteiger partial charge on any atom is 0.250 e. The zero-order valence-corrected chi connectivity index (χ0v) is 13.4. The van der Waals surface area contributed by atoms with Crippen LogP contribution in [0.3, 0.4) is 0 Å². The molecular weight excluding hydrogens is 299 g/mol. The second-order valence-corrected chi connectivity index (χ2v) is 5.97. The molecule has 112 valence electrons. The first-order valence-electron chi connectivity index (χ1n) is 6.45. The Kier molecular flexibility index (Phi) is 6.59. The van der Waals surface area contributed by atoms with Gasteiger partial charge in [-0.25, -0.2) is 0 Å². The van der Waals surface area contributed by atoms with E-state index < -0.39 is 0 Å². The highest BCUT2D eigenvalue weighted by Gasteiger charge is 2.13. The first-order chi connectivity index (χ1) is 9.29. The molecule has 1 atom stereocenters. The number of rotatable bonds is 6. The molecule has 0 saturated carbocycles. The molecule has 1 aromatic carbocycles. The maximum atomic E-state index is 11.8. The molecule has 1 amide bonds. The molecular formula is C14H20Cl2N2O2. The van der Waals surface area contributed by atoms with Gasteiger partial charge < -0.3 is 15.8 Å². The standard InChI is InChI=1S/C14H20Cl2N2O2/c1-8(2)4-9(3)20-7-13(19)18-14-11(15)5-10(17)6-12(14)16/h5-6,8-9H,4,7,17H2,1-3H3,(H,18,19). The Hall–Kier alpha value is -0.970. The summed E-state index contributed by atoms with van der Waals surface area (Å²) in [6.07, 6.45) is 0.925. The normalized spacial score (nSPS) is 12.5. The van der Waals surface area contributed by atoms with E-state index in [-0.39, 0.29) is 18.6 Å². The summed E-state index contributed by atoms with van der Waals surface area (Å²) in [5.41, 5.74) is 6.40. The zero-order valence-electron chi connectivity index (χ0n) is 11.9. The van der Waals surface area contributed by atoms with Gasteiger partial charge in [0.25, 0.3) is 0 Å². The van der Waals surface area contributed by atoms with E-state index in [2.05, 4.69) is 19.2 Å². The summed E-state index contributed by atoms with van der Waals surface area (Å²) < 4.78 is 5.47. The number of ether oxygens (including phenoxy) is 1. The van der Waals surface area contributed by atoms with Crippen molar-refractivity contribution in [1.82, 2.24) is 0 Å². The molecule has 0 aliphatic carbocycles. The summed E-state index contributed by atoms with van der Waals surface area (Å²) in [6.45, 7) is 6.11. The average Bonchev–Trinajstić information content (AvgIpc) is 2.30. The molecule has 3 N–H and O–H groups in total. The number of nitrogens with two attached hydrogens (primary N) is 1. The Bertz CT molecular complexity index is 455. The molecule has 20 heavy (non-hydrogen) atoms. The van der Waals surface area contributed by atoms with Crippen molar-refractivity contribution in [2.75, 3.05) is 17.7 Å². The molecule has 0 spiro atoms. The van der Waals surface area contributed by atoms with Gasteiger partial charge in [0, 0.05) is 5.69 Å². The van der Waals surface area contributed by atoms with Crippen LogP contribution in [0.25, 0.3) is 0 Å². The van der Waals surface area contributed by atoms with Crippen molar-refractivity contribution < 1.29 is 9.53 Å². The van der Waals surface area contributed by atoms with Gasteiger partial charge in [0.1, 0.15) is 6.61 Å². The van der Waals surface area contributed by atoms with E-state index in [1.165, 1.54) is 12.1 Å². The van der Waals surface area contributed by atoms with Crippen LogP contribution in [0, 0.1) is 5.92 Å². The largest absolute Gasteiger partial charge is 0.399 e. The predicted molar refractivity (Wildman–Crippen MR) is 84.4 cm³/mol. The van der Waals surface area contributed by atoms with E-state index in [0.717, 1.165) is 6.42 Å².